The van der Waals surface area contributed by atoms with Crippen molar-refractivity contribution in [2.45, 2.75) is 18.9 Å². The van der Waals surface area contributed by atoms with E-state index in [0.717, 1.165) is 18.7 Å². The summed E-state index contributed by atoms with van der Waals surface area (Å²) in [6.07, 6.45) is 2.39. The fourth-order valence-electron chi connectivity index (χ4n) is 3.04. The maximum Gasteiger partial charge on any atom is 0.0636 e. The molecule has 0 aliphatic carbocycles. The first-order chi connectivity index (χ1) is 10.3. The quantitative estimate of drug-likeness (QED) is 0.904. The largest absolute Gasteiger partial charge is 0.377 e. The number of hydrogen-bond acceptors (Lipinski definition) is 3. The molecule has 3 nitrogen and oxygen atoms in total. The minimum atomic E-state index is 0.157. The second kappa shape index (κ2) is 6.19. The molecular weight excluding hydrogens is 258 g/mol. The number of anilines is 2. The third kappa shape index (κ3) is 3.03. The molecule has 0 saturated heterocycles. The van der Waals surface area contributed by atoms with Crippen molar-refractivity contribution in [2.75, 3.05) is 30.4 Å². The first kappa shape index (κ1) is 14.0. The monoisotopic (exact) mass is 281 g/mol. The lowest BCUT2D eigenvalue weighted by atomic mass is 9.96. The van der Waals surface area contributed by atoms with Crippen LogP contribution in [0.3, 0.4) is 0 Å². The Labute approximate surface area is 126 Å². The molecule has 2 aromatic rings. The zero-order chi connectivity index (χ0) is 14.7. The number of nitrogens with zero attached hydrogens (tertiary/aromatic N) is 1. The normalized spacial score (nSPS) is 15.4. The van der Waals surface area contributed by atoms with Gasteiger partial charge in [-0.3, -0.25) is 0 Å². The van der Waals surface area contributed by atoms with Gasteiger partial charge in [-0.05, 0) is 42.2 Å². The summed E-state index contributed by atoms with van der Waals surface area (Å²) in [5, 5.41) is 3.52. The Morgan fingerprint density at radius 1 is 1.19 bits per heavy atom. The summed E-state index contributed by atoms with van der Waals surface area (Å²) in [5.74, 6) is 0. The fourth-order valence-corrected chi connectivity index (χ4v) is 3.04. The molecule has 1 heterocycles. The highest BCUT2D eigenvalue weighted by Crippen LogP contribution is 2.29. The van der Waals surface area contributed by atoms with Crippen molar-refractivity contribution in [3.8, 4) is 0 Å². The fraction of sp³-hybridized carbons (Fsp3) is 0.333. The van der Waals surface area contributed by atoms with Crippen LogP contribution < -0.4 is 16.0 Å². The molecule has 3 heteroatoms. The summed E-state index contributed by atoms with van der Waals surface area (Å²) in [7, 11) is 2.17. The van der Waals surface area contributed by atoms with Crippen molar-refractivity contribution in [2.24, 2.45) is 5.73 Å². The van der Waals surface area contributed by atoms with Gasteiger partial charge in [0.25, 0.3) is 0 Å². The van der Waals surface area contributed by atoms with Gasteiger partial charge in [0.2, 0.25) is 0 Å². The molecule has 0 spiro atoms. The first-order valence-electron chi connectivity index (χ1n) is 7.63. The van der Waals surface area contributed by atoms with Gasteiger partial charge in [0.05, 0.1) is 6.04 Å². The molecule has 0 saturated carbocycles. The van der Waals surface area contributed by atoms with Gasteiger partial charge in [-0.1, -0.05) is 30.3 Å². The van der Waals surface area contributed by atoms with Crippen LogP contribution in [0.2, 0.25) is 0 Å². The van der Waals surface area contributed by atoms with Crippen LogP contribution in [0.1, 0.15) is 23.6 Å². The molecule has 0 fully saturated rings. The van der Waals surface area contributed by atoms with E-state index in [2.05, 4.69) is 47.6 Å². The van der Waals surface area contributed by atoms with Crippen LogP contribution >= 0.6 is 0 Å². The van der Waals surface area contributed by atoms with Gasteiger partial charge in [-0.2, -0.15) is 0 Å². The number of para-hydroxylation sites is 1. The number of fused-ring (bicyclic) bond motifs is 1. The summed E-state index contributed by atoms with van der Waals surface area (Å²) in [4.78, 5) is 2.34. The summed E-state index contributed by atoms with van der Waals surface area (Å²) in [6, 6.07) is 17.2. The Morgan fingerprint density at radius 2 is 2.00 bits per heavy atom. The smallest absolute Gasteiger partial charge is 0.0636 e. The van der Waals surface area contributed by atoms with E-state index in [1.54, 1.807) is 0 Å². The lowest BCUT2D eigenvalue weighted by Crippen LogP contribution is -2.26. The lowest BCUT2D eigenvalue weighted by molar-refractivity contribution is 0.735. The molecular formula is C18H23N3. The van der Waals surface area contributed by atoms with Gasteiger partial charge in [0.15, 0.2) is 0 Å². The van der Waals surface area contributed by atoms with Gasteiger partial charge < -0.3 is 16.0 Å². The number of aryl methyl sites for hydroxylation is 1. The Hall–Kier alpha value is -2.00. The minimum absolute atomic E-state index is 0.157. The molecule has 110 valence electrons. The molecule has 1 aliphatic rings. The Balaban J connectivity index is 1.84. The number of rotatable bonds is 4. The lowest BCUT2D eigenvalue weighted by Gasteiger charge is -2.29. The van der Waals surface area contributed by atoms with Crippen molar-refractivity contribution in [3.05, 3.63) is 59.7 Å². The number of nitrogens with one attached hydrogen (secondary N) is 1. The molecule has 0 aromatic heterocycles. The van der Waals surface area contributed by atoms with E-state index >= 15 is 0 Å². The number of benzene rings is 2. The van der Waals surface area contributed by atoms with Crippen LogP contribution in [0.5, 0.6) is 0 Å². The van der Waals surface area contributed by atoms with E-state index in [-0.39, 0.29) is 6.04 Å². The molecule has 2 aromatic carbocycles. The van der Waals surface area contributed by atoms with Crippen molar-refractivity contribution in [1.29, 1.82) is 0 Å². The van der Waals surface area contributed by atoms with E-state index in [9.17, 15) is 0 Å². The van der Waals surface area contributed by atoms with Gasteiger partial charge >= 0.3 is 0 Å². The zero-order valence-electron chi connectivity index (χ0n) is 12.5. The Morgan fingerprint density at radius 3 is 2.76 bits per heavy atom. The molecule has 1 atom stereocenters. The van der Waals surface area contributed by atoms with E-state index < -0.39 is 0 Å². The highest BCUT2D eigenvalue weighted by molar-refractivity contribution is 5.57. The molecule has 3 rings (SSSR count). The Kier molecular flexibility index (Phi) is 4.11. The topological polar surface area (TPSA) is 41.3 Å². The van der Waals surface area contributed by atoms with Gasteiger partial charge in [-0.25, -0.2) is 0 Å². The van der Waals surface area contributed by atoms with E-state index in [1.165, 1.54) is 23.2 Å². The predicted octanol–water partition coefficient (Wildman–Crippen LogP) is 3.18. The second-order valence-electron chi connectivity index (χ2n) is 5.71. The molecule has 3 N–H and O–H groups in total. The highest BCUT2D eigenvalue weighted by Gasteiger charge is 2.16. The van der Waals surface area contributed by atoms with Crippen LogP contribution in [0.4, 0.5) is 11.4 Å². The van der Waals surface area contributed by atoms with Crippen LogP contribution in [0.15, 0.2) is 48.5 Å². The van der Waals surface area contributed by atoms with Gasteiger partial charge in [0.1, 0.15) is 0 Å². The molecule has 0 radical (unpaired) electrons. The summed E-state index contributed by atoms with van der Waals surface area (Å²) < 4.78 is 0. The second-order valence-corrected chi connectivity index (χ2v) is 5.71. The molecule has 0 amide bonds. The average molecular weight is 281 g/mol. The SMILES string of the molecule is CN1CCCc2cc(C(CN)Nc3ccccc3)ccc21. The summed E-state index contributed by atoms with van der Waals surface area (Å²) in [5.41, 5.74) is 11.2. The van der Waals surface area contributed by atoms with Crippen LogP contribution in [-0.4, -0.2) is 20.1 Å². The number of hydrogen-bond donors (Lipinski definition) is 2. The third-order valence-electron chi connectivity index (χ3n) is 4.21. The van der Waals surface area contributed by atoms with Crippen molar-refractivity contribution < 1.29 is 0 Å². The van der Waals surface area contributed by atoms with E-state index in [4.69, 9.17) is 5.73 Å². The van der Waals surface area contributed by atoms with Crippen LogP contribution in [-0.2, 0) is 6.42 Å². The van der Waals surface area contributed by atoms with Crippen molar-refractivity contribution in [3.63, 3.8) is 0 Å². The average Bonchev–Trinajstić information content (AvgIpc) is 2.53. The maximum atomic E-state index is 5.98. The van der Waals surface area contributed by atoms with Gasteiger partial charge in [-0.15, -0.1) is 0 Å². The Bertz CT molecular complexity index is 595. The summed E-state index contributed by atoms with van der Waals surface area (Å²) >= 11 is 0. The summed E-state index contributed by atoms with van der Waals surface area (Å²) in [6.45, 7) is 1.73. The zero-order valence-corrected chi connectivity index (χ0v) is 12.5. The third-order valence-corrected chi connectivity index (χ3v) is 4.21. The van der Waals surface area contributed by atoms with E-state index in [0.29, 0.717) is 6.54 Å². The molecule has 1 unspecified atom stereocenters. The highest BCUT2D eigenvalue weighted by atomic mass is 15.1. The maximum absolute atomic E-state index is 5.98. The van der Waals surface area contributed by atoms with Crippen molar-refractivity contribution >= 4 is 11.4 Å². The first-order valence-corrected chi connectivity index (χ1v) is 7.63. The molecule has 21 heavy (non-hydrogen) atoms. The van der Waals surface area contributed by atoms with Crippen molar-refractivity contribution in [1.82, 2.24) is 0 Å². The molecule has 1 aliphatic heterocycles. The van der Waals surface area contributed by atoms with Crippen LogP contribution in [0.25, 0.3) is 0 Å². The standard InChI is InChI=1S/C18H23N3/c1-21-11-5-6-15-12-14(9-10-18(15)21)17(13-19)20-16-7-3-2-4-8-16/h2-4,7-10,12,17,20H,5-6,11,13,19H2,1H3. The minimum Gasteiger partial charge on any atom is -0.377 e. The van der Waals surface area contributed by atoms with Gasteiger partial charge in [0, 0.05) is 31.5 Å². The predicted molar refractivity (Wildman–Crippen MR) is 89.9 cm³/mol. The molecule has 0 bridgehead atoms. The van der Waals surface area contributed by atoms with E-state index in [1.807, 2.05) is 18.2 Å². The number of nitrogens with two attached hydrogens (primary N) is 1. The van der Waals surface area contributed by atoms with Crippen LogP contribution in [0, 0.1) is 0 Å².